The fourth-order valence-corrected chi connectivity index (χ4v) is 4.43. The van der Waals surface area contributed by atoms with E-state index < -0.39 is 11.7 Å². The molecular weight excluding hydrogens is 564 g/mol. The molecule has 1 heterocycles. The zero-order valence-electron chi connectivity index (χ0n) is 22.1. The molecule has 202 valence electrons. The van der Waals surface area contributed by atoms with Gasteiger partial charge in [-0.05, 0) is 84.2 Å². The molecule has 9 heteroatoms. The third-order valence-electron chi connectivity index (χ3n) is 5.49. The average molecular weight is 593 g/mol. The quantitative estimate of drug-likeness (QED) is 0.245. The molecule has 2 amide bonds. The number of rotatable bonds is 7. The van der Waals surface area contributed by atoms with Gasteiger partial charge < -0.3 is 24.5 Å². The smallest absolute Gasteiger partial charge is 0.407 e. The molecule has 2 N–H and O–H groups in total. The van der Waals surface area contributed by atoms with Crippen LogP contribution in [0.1, 0.15) is 38.8 Å². The number of fused-ring (bicyclic) bond motifs is 1. The van der Waals surface area contributed by atoms with E-state index in [9.17, 15) is 14.4 Å². The van der Waals surface area contributed by atoms with Crippen LogP contribution in [0.4, 0.5) is 10.5 Å². The fourth-order valence-electron chi connectivity index (χ4n) is 3.85. The van der Waals surface area contributed by atoms with Crippen LogP contribution in [0.5, 0.6) is 5.75 Å². The van der Waals surface area contributed by atoms with Crippen molar-refractivity contribution in [3.05, 3.63) is 92.6 Å². The van der Waals surface area contributed by atoms with E-state index in [1.165, 1.54) is 6.92 Å². The van der Waals surface area contributed by atoms with Crippen molar-refractivity contribution in [3.63, 3.8) is 0 Å². The summed E-state index contributed by atoms with van der Waals surface area (Å²) in [5.74, 6) is 0.133. The van der Waals surface area contributed by atoms with Crippen LogP contribution in [0.2, 0.25) is 0 Å². The minimum atomic E-state index is -0.628. The van der Waals surface area contributed by atoms with Crippen LogP contribution < -0.4 is 20.8 Å². The lowest BCUT2D eigenvalue weighted by Gasteiger charge is -2.19. The number of amides is 2. The van der Waals surface area contributed by atoms with Crippen molar-refractivity contribution in [2.24, 2.45) is 0 Å². The summed E-state index contributed by atoms with van der Waals surface area (Å²) >= 11 is 3.52. The molecule has 0 fully saturated rings. The van der Waals surface area contributed by atoms with Crippen molar-refractivity contribution >= 4 is 44.6 Å². The number of anilines is 1. The van der Waals surface area contributed by atoms with Crippen molar-refractivity contribution in [1.82, 2.24) is 5.32 Å². The van der Waals surface area contributed by atoms with Gasteiger partial charge in [-0.15, -0.1) is 0 Å². The Morgan fingerprint density at radius 1 is 0.974 bits per heavy atom. The molecule has 0 radical (unpaired) electrons. The van der Waals surface area contributed by atoms with Gasteiger partial charge in [0.15, 0.2) is 11.3 Å². The lowest BCUT2D eigenvalue weighted by atomic mass is 10.1. The molecular formula is C30H29BrN2O6. The maximum Gasteiger partial charge on any atom is 0.407 e. The average Bonchev–Trinajstić information content (AvgIpc) is 2.87. The van der Waals surface area contributed by atoms with Gasteiger partial charge >= 0.3 is 6.09 Å². The van der Waals surface area contributed by atoms with E-state index in [-0.39, 0.29) is 36.0 Å². The molecule has 3 aromatic carbocycles. The predicted molar refractivity (Wildman–Crippen MR) is 154 cm³/mol. The number of alkyl carbamates (subject to hydrolysis) is 1. The molecule has 39 heavy (non-hydrogen) atoms. The SMILES string of the molecule is CC(=O)Nc1ccc(-c2oc3c(Br)cc(CNC(=O)OC(C)(C)C)cc3c(=O)c2OCc2ccccc2)cc1. The fraction of sp³-hybridized carbons (Fsp3) is 0.233. The molecule has 4 aromatic rings. The largest absolute Gasteiger partial charge is 0.481 e. The van der Waals surface area contributed by atoms with Gasteiger partial charge in [0, 0.05) is 24.7 Å². The molecule has 0 saturated carbocycles. The molecule has 0 aliphatic heterocycles. The van der Waals surface area contributed by atoms with Crippen molar-refractivity contribution in [2.75, 3.05) is 5.32 Å². The van der Waals surface area contributed by atoms with Crippen LogP contribution in [0, 0.1) is 0 Å². The standard InChI is InChI=1S/C30H29BrN2O6/c1-18(34)33-22-12-10-21(11-13-22)26-28(37-17-19-8-6-5-7-9-19)25(35)23-14-20(15-24(31)27(23)38-26)16-32-29(36)39-30(2,3)4/h5-15H,16-17H2,1-4H3,(H,32,36)(H,33,34). The summed E-state index contributed by atoms with van der Waals surface area (Å²) in [6.07, 6.45) is -0.560. The van der Waals surface area contributed by atoms with Crippen molar-refractivity contribution in [3.8, 4) is 17.1 Å². The number of hydrogen-bond acceptors (Lipinski definition) is 6. The Kier molecular flexibility index (Phi) is 8.40. The topological polar surface area (TPSA) is 107 Å². The van der Waals surface area contributed by atoms with Crippen LogP contribution in [-0.2, 0) is 22.7 Å². The molecule has 1 aromatic heterocycles. The van der Waals surface area contributed by atoms with Gasteiger partial charge in [-0.3, -0.25) is 9.59 Å². The molecule has 0 bridgehead atoms. The minimum Gasteiger partial charge on any atom is -0.481 e. The zero-order valence-corrected chi connectivity index (χ0v) is 23.7. The number of halogens is 1. The first-order valence-electron chi connectivity index (χ1n) is 12.3. The molecule has 8 nitrogen and oxygen atoms in total. The Bertz CT molecular complexity index is 1560. The Morgan fingerprint density at radius 3 is 2.31 bits per heavy atom. The third-order valence-corrected chi connectivity index (χ3v) is 6.08. The molecule has 4 rings (SSSR count). The highest BCUT2D eigenvalue weighted by molar-refractivity contribution is 9.10. The van der Waals surface area contributed by atoms with Crippen LogP contribution in [0.3, 0.4) is 0 Å². The van der Waals surface area contributed by atoms with E-state index in [1.54, 1.807) is 57.2 Å². The van der Waals surface area contributed by atoms with Gasteiger partial charge in [-0.1, -0.05) is 30.3 Å². The van der Waals surface area contributed by atoms with Gasteiger partial charge in [0.05, 0.1) is 9.86 Å². The minimum absolute atomic E-state index is 0.0581. The van der Waals surface area contributed by atoms with E-state index in [1.807, 2.05) is 30.3 Å². The van der Waals surface area contributed by atoms with E-state index in [4.69, 9.17) is 13.9 Å². The highest BCUT2D eigenvalue weighted by Crippen LogP contribution is 2.35. The lowest BCUT2D eigenvalue weighted by molar-refractivity contribution is -0.114. The Balaban J connectivity index is 1.75. The summed E-state index contributed by atoms with van der Waals surface area (Å²) in [4.78, 5) is 37.4. The highest BCUT2D eigenvalue weighted by Gasteiger charge is 2.21. The number of carbonyl (C=O) groups excluding carboxylic acids is 2. The third kappa shape index (κ3) is 7.26. The Labute approximate surface area is 234 Å². The van der Waals surface area contributed by atoms with Crippen molar-refractivity contribution in [2.45, 2.75) is 46.4 Å². The van der Waals surface area contributed by atoms with E-state index >= 15 is 0 Å². The normalized spacial score (nSPS) is 11.2. The maximum absolute atomic E-state index is 13.8. The van der Waals surface area contributed by atoms with E-state index in [0.717, 1.165) is 5.56 Å². The first-order chi connectivity index (χ1) is 18.5. The van der Waals surface area contributed by atoms with Crippen LogP contribution in [0.15, 0.2) is 80.4 Å². The zero-order chi connectivity index (χ0) is 28.2. The second-order valence-corrected chi connectivity index (χ2v) is 10.8. The summed E-state index contributed by atoms with van der Waals surface area (Å²) in [5, 5.41) is 5.73. The lowest BCUT2D eigenvalue weighted by Crippen LogP contribution is -2.32. The second-order valence-electron chi connectivity index (χ2n) is 9.93. The van der Waals surface area contributed by atoms with Crippen LogP contribution in [0.25, 0.3) is 22.3 Å². The molecule has 0 spiro atoms. The highest BCUT2D eigenvalue weighted by atomic mass is 79.9. The van der Waals surface area contributed by atoms with Gasteiger partial charge in [0.25, 0.3) is 0 Å². The van der Waals surface area contributed by atoms with Gasteiger partial charge in [-0.25, -0.2) is 4.79 Å². The summed E-state index contributed by atoms with van der Waals surface area (Å²) < 4.78 is 18.2. The van der Waals surface area contributed by atoms with E-state index in [0.29, 0.717) is 32.3 Å². The van der Waals surface area contributed by atoms with Crippen molar-refractivity contribution < 1.29 is 23.5 Å². The molecule has 0 unspecified atom stereocenters. The Hall–Kier alpha value is -4.11. The van der Waals surface area contributed by atoms with Crippen molar-refractivity contribution in [1.29, 1.82) is 0 Å². The summed E-state index contributed by atoms with van der Waals surface area (Å²) in [6.45, 7) is 7.09. The van der Waals surface area contributed by atoms with Crippen LogP contribution in [-0.4, -0.2) is 17.6 Å². The molecule has 0 saturated heterocycles. The van der Waals surface area contributed by atoms with Gasteiger partial charge in [0.1, 0.15) is 12.2 Å². The number of benzene rings is 3. The van der Waals surface area contributed by atoms with E-state index in [2.05, 4.69) is 26.6 Å². The molecule has 0 atom stereocenters. The van der Waals surface area contributed by atoms with Crippen LogP contribution >= 0.6 is 15.9 Å². The summed E-state index contributed by atoms with van der Waals surface area (Å²) in [5.41, 5.74) is 2.14. The number of nitrogens with one attached hydrogen (secondary N) is 2. The molecule has 0 aliphatic carbocycles. The van der Waals surface area contributed by atoms with Gasteiger partial charge in [0.2, 0.25) is 17.1 Å². The Morgan fingerprint density at radius 2 is 1.67 bits per heavy atom. The number of ether oxygens (including phenoxy) is 2. The molecule has 0 aliphatic rings. The predicted octanol–water partition coefficient (Wildman–Crippen LogP) is 6.78. The monoisotopic (exact) mass is 592 g/mol. The number of hydrogen-bond donors (Lipinski definition) is 2. The first-order valence-corrected chi connectivity index (χ1v) is 13.1. The summed E-state index contributed by atoms with van der Waals surface area (Å²) in [6, 6.07) is 19.9. The first kappa shape index (κ1) is 27.9. The summed E-state index contributed by atoms with van der Waals surface area (Å²) in [7, 11) is 0. The number of carbonyl (C=O) groups is 2. The maximum atomic E-state index is 13.8. The second kappa shape index (κ2) is 11.7. The van der Waals surface area contributed by atoms with Gasteiger partial charge in [-0.2, -0.15) is 0 Å².